The van der Waals surface area contributed by atoms with E-state index in [1.54, 1.807) is 0 Å². The standard InChI is InChI=1S/C14H24O2/c1-10-6-13(9-14(2,3)8-10)16-12-5-4-11(15)7-12/h10,12-13H,4-9H2,1-3H3. The van der Waals surface area contributed by atoms with Gasteiger partial charge in [-0.2, -0.15) is 0 Å². The van der Waals surface area contributed by atoms with Crippen molar-refractivity contribution in [3.63, 3.8) is 0 Å². The number of rotatable bonds is 2. The molecular weight excluding hydrogens is 200 g/mol. The van der Waals surface area contributed by atoms with Crippen molar-refractivity contribution in [2.75, 3.05) is 0 Å². The van der Waals surface area contributed by atoms with Crippen molar-refractivity contribution >= 4 is 5.78 Å². The number of ether oxygens (including phenoxy) is 1. The Labute approximate surface area is 98.7 Å². The van der Waals surface area contributed by atoms with Gasteiger partial charge in [0.2, 0.25) is 0 Å². The number of Topliss-reactive ketones (excluding diaryl/α,β-unsaturated/α-hetero) is 1. The van der Waals surface area contributed by atoms with Gasteiger partial charge in [0.05, 0.1) is 12.2 Å². The fourth-order valence-electron chi connectivity index (χ4n) is 3.53. The van der Waals surface area contributed by atoms with Crippen LogP contribution < -0.4 is 0 Å². The summed E-state index contributed by atoms with van der Waals surface area (Å²) >= 11 is 0. The smallest absolute Gasteiger partial charge is 0.135 e. The lowest BCUT2D eigenvalue weighted by Gasteiger charge is -2.39. The van der Waals surface area contributed by atoms with Crippen LogP contribution in [0, 0.1) is 11.3 Å². The predicted octanol–water partition coefficient (Wildman–Crippen LogP) is 3.34. The molecule has 92 valence electrons. The van der Waals surface area contributed by atoms with Crippen LogP contribution in [0.1, 0.15) is 59.3 Å². The Balaban J connectivity index is 1.87. The second-order valence-corrected chi connectivity index (χ2v) is 6.57. The molecule has 0 spiro atoms. The van der Waals surface area contributed by atoms with Gasteiger partial charge in [0.15, 0.2) is 0 Å². The van der Waals surface area contributed by atoms with Crippen LogP contribution in [-0.2, 0) is 9.53 Å². The number of ketones is 1. The average Bonchev–Trinajstić information content (AvgIpc) is 2.46. The van der Waals surface area contributed by atoms with Gasteiger partial charge in [0.25, 0.3) is 0 Å². The first-order valence-corrected chi connectivity index (χ1v) is 6.62. The van der Waals surface area contributed by atoms with Crippen molar-refractivity contribution in [3.8, 4) is 0 Å². The number of carbonyl (C=O) groups is 1. The average molecular weight is 224 g/mol. The number of hydrogen-bond donors (Lipinski definition) is 0. The zero-order valence-electron chi connectivity index (χ0n) is 10.8. The molecule has 0 heterocycles. The lowest BCUT2D eigenvalue weighted by Crippen LogP contribution is -2.34. The first kappa shape index (κ1) is 12.1. The zero-order chi connectivity index (χ0) is 11.8. The molecule has 0 aromatic carbocycles. The Hall–Kier alpha value is -0.370. The van der Waals surface area contributed by atoms with Gasteiger partial charge >= 0.3 is 0 Å². The summed E-state index contributed by atoms with van der Waals surface area (Å²) < 4.78 is 6.11. The molecule has 2 aliphatic rings. The lowest BCUT2D eigenvalue weighted by atomic mass is 9.71. The molecule has 0 aromatic rings. The molecule has 0 saturated heterocycles. The summed E-state index contributed by atoms with van der Waals surface area (Å²) in [6.45, 7) is 6.98. The largest absolute Gasteiger partial charge is 0.374 e. The van der Waals surface area contributed by atoms with E-state index in [2.05, 4.69) is 20.8 Å². The number of carbonyl (C=O) groups excluding carboxylic acids is 1. The van der Waals surface area contributed by atoms with Gasteiger partial charge in [-0.3, -0.25) is 4.79 Å². The fourth-order valence-corrected chi connectivity index (χ4v) is 3.53. The summed E-state index contributed by atoms with van der Waals surface area (Å²) in [5.41, 5.74) is 0.408. The van der Waals surface area contributed by atoms with Gasteiger partial charge in [-0.15, -0.1) is 0 Å². The monoisotopic (exact) mass is 224 g/mol. The minimum Gasteiger partial charge on any atom is -0.374 e. The summed E-state index contributed by atoms with van der Waals surface area (Å²) in [6, 6.07) is 0. The first-order chi connectivity index (χ1) is 7.44. The minimum atomic E-state index is 0.221. The van der Waals surface area contributed by atoms with Crippen LogP contribution in [-0.4, -0.2) is 18.0 Å². The van der Waals surface area contributed by atoms with Crippen LogP contribution in [0.25, 0.3) is 0 Å². The van der Waals surface area contributed by atoms with E-state index in [9.17, 15) is 4.79 Å². The normalized spacial score (nSPS) is 38.9. The highest BCUT2D eigenvalue weighted by Crippen LogP contribution is 2.40. The Morgan fingerprint density at radius 2 is 2.00 bits per heavy atom. The van der Waals surface area contributed by atoms with Gasteiger partial charge in [0.1, 0.15) is 5.78 Å². The van der Waals surface area contributed by atoms with E-state index < -0.39 is 0 Å². The van der Waals surface area contributed by atoms with E-state index in [0.29, 0.717) is 23.7 Å². The van der Waals surface area contributed by atoms with Crippen LogP contribution in [0.4, 0.5) is 0 Å². The van der Waals surface area contributed by atoms with Crippen molar-refractivity contribution in [1.82, 2.24) is 0 Å². The molecule has 2 saturated carbocycles. The third kappa shape index (κ3) is 3.07. The highest BCUT2D eigenvalue weighted by atomic mass is 16.5. The Morgan fingerprint density at radius 1 is 1.25 bits per heavy atom. The molecule has 2 aliphatic carbocycles. The quantitative estimate of drug-likeness (QED) is 0.719. The molecule has 0 aromatic heterocycles. The molecule has 0 amide bonds. The molecular formula is C14H24O2. The van der Waals surface area contributed by atoms with Gasteiger partial charge in [-0.05, 0) is 37.0 Å². The first-order valence-electron chi connectivity index (χ1n) is 6.62. The molecule has 3 atom stereocenters. The van der Waals surface area contributed by atoms with Gasteiger partial charge in [-0.1, -0.05) is 20.8 Å². The summed E-state index contributed by atoms with van der Waals surface area (Å²) in [4.78, 5) is 11.2. The van der Waals surface area contributed by atoms with Crippen LogP contribution in [0.3, 0.4) is 0 Å². The zero-order valence-corrected chi connectivity index (χ0v) is 10.8. The maximum atomic E-state index is 11.2. The van der Waals surface area contributed by atoms with Gasteiger partial charge in [0, 0.05) is 12.8 Å². The Bertz CT molecular complexity index is 270. The van der Waals surface area contributed by atoms with E-state index in [0.717, 1.165) is 25.2 Å². The topological polar surface area (TPSA) is 26.3 Å². The van der Waals surface area contributed by atoms with E-state index in [4.69, 9.17) is 4.74 Å². The van der Waals surface area contributed by atoms with Crippen molar-refractivity contribution in [3.05, 3.63) is 0 Å². The van der Waals surface area contributed by atoms with Crippen molar-refractivity contribution in [2.45, 2.75) is 71.5 Å². The lowest BCUT2D eigenvalue weighted by molar-refractivity contribution is -0.119. The van der Waals surface area contributed by atoms with Crippen molar-refractivity contribution < 1.29 is 9.53 Å². The third-order valence-electron chi connectivity index (χ3n) is 3.93. The van der Waals surface area contributed by atoms with E-state index in [-0.39, 0.29) is 6.10 Å². The van der Waals surface area contributed by atoms with Crippen molar-refractivity contribution in [2.24, 2.45) is 11.3 Å². The highest BCUT2D eigenvalue weighted by molar-refractivity contribution is 5.81. The van der Waals surface area contributed by atoms with E-state index >= 15 is 0 Å². The fraction of sp³-hybridized carbons (Fsp3) is 0.929. The SMILES string of the molecule is CC1CC(OC2CCC(=O)C2)CC(C)(C)C1. The third-order valence-corrected chi connectivity index (χ3v) is 3.93. The van der Waals surface area contributed by atoms with E-state index in [1.165, 1.54) is 12.8 Å². The second kappa shape index (κ2) is 4.48. The highest BCUT2D eigenvalue weighted by Gasteiger charge is 2.35. The maximum Gasteiger partial charge on any atom is 0.135 e. The Morgan fingerprint density at radius 3 is 2.56 bits per heavy atom. The molecule has 3 unspecified atom stereocenters. The molecule has 2 nitrogen and oxygen atoms in total. The van der Waals surface area contributed by atoms with Gasteiger partial charge < -0.3 is 4.74 Å². The summed E-state index contributed by atoms with van der Waals surface area (Å²) in [7, 11) is 0. The minimum absolute atomic E-state index is 0.221. The molecule has 2 heteroatoms. The molecule has 0 bridgehead atoms. The van der Waals surface area contributed by atoms with Crippen LogP contribution in [0.15, 0.2) is 0 Å². The second-order valence-electron chi connectivity index (χ2n) is 6.57. The van der Waals surface area contributed by atoms with Crippen LogP contribution in [0.2, 0.25) is 0 Å². The summed E-state index contributed by atoms with van der Waals surface area (Å²) in [6.07, 6.45) is 6.58. The number of hydrogen-bond acceptors (Lipinski definition) is 2. The molecule has 2 rings (SSSR count). The Kier molecular flexibility index (Phi) is 3.39. The maximum absolute atomic E-state index is 11.2. The van der Waals surface area contributed by atoms with Crippen LogP contribution >= 0.6 is 0 Å². The molecule has 2 fully saturated rings. The molecule has 0 N–H and O–H groups in total. The van der Waals surface area contributed by atoms with E-state index in [1.807, 2.05) is 0 Å². The summed E-state index contributed by atoms with van der Waals surface area (Å²) in [5.74, 6) is 1.14. The predicted molar refractivity (Wildman–Crippen MR) is 64.3 cm³/mol. The summed E-state index contributed by atoms with van der Waals surface area (Å²) in [5, 5.41) is 0. The van der Waals surface area contributed by atoms with Gasteiger partial charge in [-0.25, -0.2) is 0 Å². The van der Waals surface area contributed by atoms with Crippen LogP contribution in [0.5, 0.6) is 0 Å². The molecule has 16 heavy (non-hydrogen) atoms. The molecule has 0 aliphatic heterocycles. The molecule has 0 radical (unpaired) electrons. The van der Waals surface area contributed by atoms with Crippen molar-refractivity contribution in [1.29, 1.82) is 0 Å².